The lowest BCUT2D eigenvalue weighted by Crippen LogP contribution is -2.28. The van der Waals surface area contributed by atoms with Gasteiger partial charge < -0.3 is 14.8 Å². The molecule has 1 N–H and O–H groups in total. The van der Waals surface area contributed by atoms with Crippen molar-refractivity contribution in [1.82, 2.24) is 5.32 Å². The molecule has 2 aromatic carbocycles. The van der Waals surface area contributed by atoms with Crippen LogP contribution in [0.1, 0.15) is 15.9 Å². The third kappa shape index (κ3) is 4.15. The van der Waals surface area contributed by atoms with E-state index in [2.05, 4.69) is 5.32 Å². The molecular formula is C17H18ClNO3. The van der Waals surface area contributed by atoms with Crippen LogP contribution in [0.4, 0.5) is 0 Å². The van der Waals surface area contributed by atoms with Gasteiger partial charge in [-0.05, 0) is 42.8 Å². The fourth-order valence-electron chi connectivity index (χ4n) is 2.06. The lowest BCUT2D eigenvalue weighted by atomic mass is 10.1. The van der Waals surface area contributed by atoms with Gasteiger partial charge in [-0.3, -0.25) is 4.79 Å². The Kier molecular flexibility index (Phi) is 5.67. The van der Waals surface area contributed by atoms with Crippen LogP contribution >= 0.6 is 11.6 Å². The summed E-state index contributed by atoms with van der Waals surface area (Å²) in [4.78, 5) is 12.2. The van der Waals surface area contributed by atoms with E-state index in [-0.39, 0.29) is 5.91 Å². The normalized spacial score (nSPS) is 10.1. The van der Waals surface area contributed by atoms with Gasteiger partial charge in [0.1, 0.15) is 18.1 Å². The zero-order valence-corrected chi connectivity index (χ0v) is 13.3. The third-order valence-electron chi connectivity index (χ3n) is 3.13. The maximum Gasteiger partial charge on any atom is 0.255 e. The molecule has 0 saturated carbocycles. The molecule has 2 rings (SSSR count). The predicted octanol–water partition coefficient (Wildman–Crippen LogP) is 3.47. The number of halogens is 1. The number of carbonyl (C=O) groups is 1. The summed E-state index contributed by atoms with van der Waals surface area (Å²) in [6.45, 7) is 2.68. The number of amides is 1. The van der Waals surface area contributed by atoms with Gasteiger partial charge >= 0.3 is 0 Å². The highest BCUT2D eigenvalue weighted by Crippen LogP contribution is 2.22. The Morgan fingerprint density at radius 1 is 1.18 bits per heavy atom. The molecule has 22 heavy (non-hydrogen) atoms. The summed E-state index contributed by atoms with van der Waals surface area (Å²) in [6.07, 6.45) is 0. The van der Waals surface area contributed by atoms with Crippen molar-refractivity contribution in [3.05, 3.63) is 58.6 Å². The van der Waals surface area contributed by atoms with Crippen LogP contribution in [0.3, 0.4) is 0 Å². The first-order chi connectivity index (χ1) is 10.6. The number of aryl methyl sites for hydroxylation is 1. The third-order valence-corrected chi connectivity index (χ3v) is 3.38. The molecule has 2 aromatic rings. The summed E-state index contributed by atoms with van der Waals surface area (Å²) < 4.78 is 10.8. The summed E-state index contributed by atoms with van der Waals surface area (Å²) >= 11 is 5.80. The lowest BCUT2D eigenvalue weighted by molar-refractivity contribution is 0.0944. The van der Waals surface area contributed by atoms with Crippen LogP contribution in [0.15, 0.2) is 42.5 Å². The molecular weight excluding hydrogens is 302 g/mol. The van der Waals surface area contributed by atoms with E-state index >= 15 is 0 Å². The van der Waals surface area contributed by atoms with E-state index in [4.69, 9.17) is 21.1 Å². The molecule has 0 aliphatic heterocycles. The highest BCUT2D eigenvalue weighted by atomic mass is 35.5. The molecule has 116 valence electrons. The minimum absolute atomic E-state index is 0.180. The summed E-state index contributed by atoms with van der Waals surface area (Å²) in [7, 11) is 1.56. The number of methoxy groups -OCH3 is 1. The van der Waals surface area contributed by atoms with Crippen molar-refractivity contribution < 1.29 is 14.3 Å². The Hall–Kier alpha value is -2.20. The molecule has 1 amide bonds. The Labute approximate surface area is 135 Å². The molecule has 0 radical (unpaired) electrons. The van der Waals surface area contributed by atoms with Crippen LogP contribution < -0.4 is 14.8 Å². The quantitative estimate of drug-likeness (QED) is 0.829. The van der Waals surface area contributed by atoms with Gasteiger partial charge in [-0.2, -0.15) is 0 Å². The molecule has 0 unspecified atom stereocenters. The van der Waals surface area contributed by atoms with Crippen molar-refractivity contribution in [2.75, 3.05) is 20.3 Å². The number of rotatable bonds is 6. The van der Waals surface area contributed by atoms with Crippen LogP contribution in [-0.4, -0.2) is 26.2 Å². The predicted molar refractivity (Wildman–Crippen MR) is 87.0 cm³/mol. The highest BCUT2D eigenvalue weighted by Gasteiger charge is 2.13. The van der Waals surface area contributed by atoms with E-state index in [0.717, 1.165) is 5.56 Å². The van der Waals surface area contributed by atoms with E-state index in [1.165, 1.54) is 0 Å². The van der Waals surface area contributed by atoms with Crippen LogP contribution in [-0.2, 0) is 0 Å². The van der Waals surface area contributed by atoms with Gasteiger partial charge in [0.05, 0.1) is 19.2 Å². The first-order valence-electron chi connectivity index (χ1n) is 6.92. The Morgan fingerprint density at radius 3 is 2.59 bits per heavy atom. The average Bonchev–Trinajstić information content (AvgIpc) is 2.52. The van der Waals surface area contributed by atoms with E-state index in [1.54, 1.807) is 37.4 Å². The highest BCUT2D eigenvalue weighted by molar-refractivity contribution is 6.30. The molecule has 0 bridgehead atoms. The summed E-state index contributed by atoms with van der Waals surface area (Å²) in [5.41, 5.74) is 1.45. The van der Waals surface area contributed by atoms with Crippen molar-refractivity contribution in [2.45, 2.75) is 6.92 Å². The second-order valence-electron chi connectivity index (χ2n) is 4.71. The summed E-state index contributed by atoms with van der Waals surface area (Å²) in [6, 6.07) is 12.6. The van der Waals surface area contributed by atoms with Crippen LogP contribution in [0.2, 0.25) is 5.02 Å². The number of hydrogen-bond donors (Lipinski definition) is 1. The van der Waals surface area contributed by atoms with Gasteiger partial charge in [0, 0.05) is 5.02 Å². The Bertz CT molecular complexity index is 641. The van der Waals surface area contributed by atoms with Crippen molar-refractivity contribution in [1.29, 1.82) is 0 Å². The van der Waals surface area contributed by atoms with Gasteiger partial charge in [0.2, 0.25) is 0 Å². The van der Waals surface area contributed by atoms with Gasteiger partial charge in [-0.15, -0.1) is 0 Å². The van der Waals surface area contributed by atoms with Gasteiger partial charge in [-0.1, -0.05) is 23.7 Å². The molecule has 0 spiro atoms. The fourth-order valence-corrected chi connectivity index (χ4v) is 2.19. The number of ether oxygens (including phenoxy) is 2. The molecule has 0 atom stereocenters. The first kappa shape index (κ1) is 16.2. The van der Waals surface area contributed by atoms with E-state index in [0.29, 0.717) is 35.2 Å². The molecule has 0 fully saturated rings. The van der Waals surface area contributed by atoms with Gasteiger partial charge in [-0.25, -0.2) is 0 Å². The maximum atomic E-state index is 12.2. The number of para-hydroxylation sites is 1. The molecule has 0 saturated heterocycles. The van der Waals surface area contributed by atoms with Gasteiger partial charge in [0.25, 0.3) is 5.91 Å². The number of nitrogens with one attached hydrogen (secondary N) is 1. The molecule has 0 aromatic heterocycles. The Morgan fingerprint density at radius 2 is 1.91 bits per heavy atom. The molecule has 0 aliphatic carbocycles. The number of hydrogen-bond acceptors (Lipinski definition) is 3. The van der Waals surface area contributed by atoms with E-state index < -0.39 is 0 Å². The Balaban J connectivity index is 1.85. The maximum absolute atomic E-state index is 12.2. The second kappa shape index (κ2) is 7.71. The topological polar surface area (TPSA) is 47.6 Å². The lowest BCUT2D eigenvalue weighted by Gasteiger charge is -2.12. The van der Waals surface area contributed by atoms with E-state index in [9.17, 15) is 4.79 Å². The standard InChI is InChI=1S/C17H18ClNO3/c1-12-4-3-5-15(16(12)21-2)17(20)19-10-11-22-14-8-6-13(18)7-9-14/h3-9H,10-11H2,1-2H3,(H,19,20). The van der Waals surface area contributed by atoms with Crippen molar-refractivity contribution in [2.24, 2.45) is 0 Å². The molecule has 5 heteroatoms. The summed E-state index contributed by atoms with van der Waals surface area (Å²) in [5.74, 6) is 1.13. The van der Waals surface area contributed by atoms with Crippen molar-refractivity contribution in [3.63, 3.8) is 0 Å². The molecule has 4 nitrogen and oxygen atoms in total. The van der Waals surface area contributed by atoms with Crippen molar-refractivity contribution >= 4 is 17.5 Å². The molecule has 0 aliphatic rings. The van der Waals surface area contributed by atoms with Crippen LogP contribution in [0.5, 0.6) is 11.5 Å². The zero-order chi connectivity index (χ0) is 15.9. The summed E-state index contributed by atoms with van der Waals surface area (Å²) in [5, 5.41) is 3.47. The monoisotopic (exact) mass is 319 g/mol. The molecule has 0 heterocycles. The zero-order valence-electron chi connectivity index (χ0n) is 12.6. The van der Waals surface area contributed by atoms with Crippen LogP contribution in [0, 0.1) is 6.92 Å². The minimum atomic E-state index is -0.180. The smallest absolute Gasteiger partial charge is 0.255 e. The van der Waals surface area contributed by atoms with Crippen molar-refractivity contribution in [3.8, 4) is 11.5 Å². The minimum Gasteiger partial charge on any atom is -0.496 e. The SMILES string of the molecule is COc1c(C)cccc1C(=O)NCCOc1ccc(Cl)cc1. The van der Waals surface area contributed by atoms with Crippen LogP contribution in [0.25, 0.3) is 0 Å². The number of carbonyl (C=O) groups excluding carboxylic acids is 1. The average molecular weight is 320 g/mol. The van der Waals surface area contributed by atoms with E-state index in [1.807, 2.05) is 19.1 Å². The second-order valence-corrected chi connectivity index (χ2v) is 5.15. The van der Waals surface area contributed by atoms with Gasteiger partial charge in [0.15, 0.2) is 0 Å². The number of benzene rings is 2. The first-order valence-corrected chi connectivity index (χ1v) is 7.30. The largest absolute Gasteiger partial charge is 0.496 e. The fraction of sp³-hybridized carbons (Fsp3) is 0.235.